The zero-order chi connectivity index (χ0) is 12.8. The molecule has 0 heterocycles. The fourth-order valence-corrected chi connectivity index (χ4v) is 1.76. The minimum absolute atomic E-state index is 0.0514. The topological polar surface area (TPSA) is 38.3 Å². The standard InChI is InChI=1S/C13H18BrNO2/c1-4-11(8-17-3)15-13(16)10-5-6-12(14)9(2)7-10/h5-7,11H,4,8H2,1-3H3,(H,15,16). The maximum atomic E-state index is 12.0. The predicted molar refractivity (Wildman–Crippen MR) is 72.3 cm³/mol. The van der Waals surface area contributed by atoms with E-state index in [2.05, 4.69) is 21.2 Å². The van der Waals surface area contributed by atoms with Crippen molar-refractivity contribution in [3.8, 4) is 0 Å². The number of ether oxygens (including phenoxy) is 1. The molecule has 1 aromatic carbocycles. The molecule has 0 aliphatic carbocycles. The van der Waals surface area contributed by atoms with E-state index < -0.39 is 0 Å². The van der Waals surface area contributed by atoms with Crippen LogP contribution in [0.25, 0.3) is 0 Å². The normalized spacial score (nSPS) is 12.2. The van der Waals surface area contributed by atoms with Crippen LogP contribution in [-0.2, 0) is 4.74 Å². The smallest absolute Gasteiger partial charge is 0.251 e. The number of rotatable bonds is 5. The van der Waals surface area contributed by atoms with Crippen LogP contribution in [0.5, 0.6) is 0 Å². The molecule has 0 saturated carbocycles. The Balaban J connectivity index is 2.72. The first-order valence-electron chi connectivity index (χ1n) is 5.64. The second kappa shape index (κ2) is 6.77. The Hall–Kier alpha value is -0.870. The lowest BCUT2D eigenvalue weighted by Gasteiger charge is -2.16. The van der Waals surface area contributed by atoms with Crippen molar-refractivity contribution in [2.45, 2.75) is 26.3 Å². The number of methoxy groups -OCH3 is 1. The summed E-state index contributed by atoms with van der Waals surface area (Å²) >= 11 is 3.42. The lowest BCUT2D eigenvalue weighted by molar-refractivity contribution is 0.0894. The fraction of sp³-hybridized carbons (Fsp3) is 0.462. The molecule has 0 fully saturated rings. The summed E-state index contributed by atoms with van der Waals surface area (Å²) in [6.45, 7) is 4.53. The van der Waals surface area contributed by atoms with Gasteiger partial charge in [-0.25, -0.2) is 0 Å². The Labute approximate surface area is 111 Å². The van der Waals surface area contributed by atoms with E-state index in [0.717, 1.165) is 16.5 Å². The average Bonchev–Trinajstić information content (AvgIpc) is 2.31. The molecule has 3 nitrogen and oxygen atoms in total. The molecule has 4 heteroatoms. The quantitative estimate of drug-likeness (QED) is 0.908. The molecular formula is C13H18BrNO2. The molecule has 1 amide bonds. The lowest BCUT2D eigenvalue weighted by atomic mass is 10.1. The summed E-state index contributed by atoms with van der Waals surface area (Å²) in [6.07, 6.45) is 0.856. The number of benzene rings is 1. The van der Waals surface area contributed by atoms with Crippen molar-refractivity contribution in [2.75, 3.05) is 13.7 Å². The number of halogens is 1. The van der Waals surface area contributed by atoms with Crippen LogP contribution in [-0.4, -0.2) is 25.7 Å². The Kier molecular flexibility index (Phi) is 5.65. The van der Waals surface area contributed by atoms with Crippen LogP contribution in [0.1, 0.15) is 29.3 Å². The van der Waals surface area contributed by atoms with Gasteiger partial charge in [-0.2, -0.15) is 0 Å². The molecule has 1 aromatic rings. The third-order valence-corrected chi connectivity index (χ3v) is 3.51. The van der Waals surface area contributed by atoms with Gasteiger partial charge in [-0.15, -0.1) is 0 Å². The predicted octanol–water partition coefficient (Wildman–Crippen LogP) is 2.91. The first kappa shape index (κ1) is 14.2. The van der Waals surface area contributed by atoms with Gasteiger partial charge in [0.2, 0.25) is 0 Å². The van der Waals surface area contributed by atoms with Gasteiger partial charge in [0.05, 0.1) is 12.6 Å². The zero-order valence-electron chi connectivity index (χ0n) is 10.4. The fourth-order valence-electron chi connectivity index (χ4n) is 1.52. The SMILES string of the molecule is CCC(COC)NC(=O)c1ccc(Br)c(C)c1. The molecule has 0 saturated heterocycles. The molecule has 0 aromatic heterocycles. The third kappa shape index (κ3) is 4.13. The maximum Gasteiger partial charge on any atom is 0.251 e. The first-order valence-corrected chi connectivity index (χ1v) is 6.43. The molecule has 0 aliphatic heterocycles. The number of hydrogen-bond acceptors (Lipinski definition) is 2. The van der Waals surface area contributed by atoms with E-state index in [9.17, 15) is 4.79 Å². The average molecular weight is 300 g/mol. The van der Waals surface area contributed by atoms with Gasteiger partial charge in [0.15, 0.2) is 0 Å². The molecule has 94 valence electrons. The summed E-state index contributed by atoms with van der Waals surface area (Å²) in [7, 11) is 1.64. The molecule has 17 heavy (non-hydrogen) atoms. The number of carbonyl (C=O) groups excluding carboxylic acids is 1. The second-order valence-corrected chi connectivity index (χ2v) is 4.85. The van der Waals surface area contributed by atoms with Crippen molar-refractivity contribution < 1.29 is 9.53 Å². The van der Waals surface area contributed by atoms with Crippen LogP contribution >= 0.6 is 15.9 Å². The van der Waals surface area contributed by atoms with E-state index in [-0.39, 0.29) is 11.9 Å². The maximum absolute atomic E-state index is 12.0. The van der Waals surface area contributed by atoms with Gasteiger partial charge in [-0.3, -0.25) is 4.79 Å². The monoisotopic (exact) mass is 299 g/mol. The third-order valence-electron chi connectivity index (χ3n) is 2.62. The van der Waals surface area contributed by atoms with Gasteiger partial charge in [-0.1, -0.05) is 22.9 Å². The van der Waals surface area contributed by atoms with Gasteiger partial charge in [0, 0.05) is 17.1 Å². The van der Waals surface area contributed by atoms with Gasteiger partial charge in [0.1, 0.15) is 0 Å². The van der Waals surface area contributed by atoms with E-state index in [1.54, 1.807) is 7.11 Å². The number of amides is 1. The summed E-state index contributed by atoms with van der Waals surface area (Å²) in [6, 6.07) is 5.64. The van der Waals surface area contributed by atoms with Crippen molar-refractivity contribution in [3.63, 3.8) is 0 Å². The van der Waals surface area contributed by atoms with E-state index in [1.807, 2.05) is 32.0 Å². The van der Waals surface area contributed by atoms with Crippen molar-refractivity contribution in [2.24, 2.45) is 0 Å². The lowest BCUT2D eigenvalue weighted by Crippen LogP contribution is -2.37. The van der Waals surface area contributed by atoms with Gasteiger partial charge in [0.25, 0.3) is 5.91 Å². The van der Waals surface area contributed by atoms with Crippen molar-refractivity contribution in [1.82, 2.24) is 5.32 Å². The molecule has 1 rings (SSSR count). The van der Waals surface area contributed by atoms with E-state index >= 15 is 0 Å². The number of aryl methyl sites for hydroxylation is 1. The van der Waals surface area contributed by atoms with E-state index in [1.165, 1.54) is 0 Å². The van der Waals surface area contributed by atoms with Crippen molar-refractivity contribution in [3.05, 3.63) is 33.8 Å². The number of carbonyl (C=O) groups is 1. The highest BCUT2D eigenvalue weighted by Crippen LogP contribution is 2.17. The number of hydrogen-bond donors (Lipinski definition) is 1. The molecular weight excluding hydrogens is 282 g/mol. The zero-order valence-corrected chi connectivity index (χ0v) is 12.0. The summed E-state index contributed by atoms with van der Waals surface area (Å²) in [4.78, 5) is 12.0. The van der Waals surface area contributed by atoms with Crippen LogP contribution in [0.2, 0.25) is 0 Å². The summed E-state index contributed by atoms with van der Waals surface area (Å²) in [5.74, 6) is -0.0514. The highest BCUT2D eigenvalue weighted by atomic mass is 79.9. The Morgan fingerprint density at radius 3 is 2.76 bits per heavy atom. The van der Waals surface area contributed by atoms with Crippen LogP contribution in [0, 0.1) is 6.92 Å². The molecule has 1 N–H and O–H groups in total. The summed E-state index contributed by atoms with van der Waals surface area (Å²) < 4.78 is 6.06. The minimum atomic E-state index is -0.0514. The summed E-state index contributed by atoms with van der Waals surface area (Å²) in [5.41, 5.74) is 1.73. The second-order valence-electron chi connectivity index (χ2n) is 4.00. The highest BCUT2D eigenvalue weighted by molar-refractivity contribution is 9.10. The Bertz CT molecular complexity index is 393. The Morgan fingerprint density at radius 2 is 2.24 bits per heavy atom. The van der Waals surface area contributed by atoms with Crippen LogP contribution in [0.4, 0.5) is 0 Å². The van der Waals surface area contributed by atoms with Crippen molar-refractivity contribution in [1.29, 1.82) is 0 Å². The largest absolute Gasteiger partial charge is 0.383 e. The number of nitrogens with one attached hydrogen (secondary N) is 1. The van der Waals surface area contributed by atoms with E-state index in [4.69, 9.17) is 4.74 Å². The summed E-state index contributed by atoms with van der Waals surface area (Å²) in [5, 5.41) is 2.95. The van der Waals surface area contributed by atoms with Gasteiger partial charge < -0.3 is 10.1 Å². The molecule has 0 aliphatic rings. The molecule has 1 unspecified atom stereocenters. The van der Waals surface area contributed by atoms with Gasteiger partial charge >= 0.3 is 0 Å². The highest BCUT2D eigenvalue weighted by Gasteiger charge is 2.12. The van der Waals surface area contributed by atoms with Crippen LogP contribution < -0.4 is 5.32 Å². The molecule has 0 radical (unpaired) electrons. The minimum Gasteiger partial charge on any atom is -0.383 e. The van der Waals surface area contributed by atoms with Crippen LogP contribution in [0.15, 0.2) is 22.7 Å². The Morgan fingerprint density at radius 1 is 1.53 bits per heavy atom. The van der Waals surface area contributed by atoms with Crippen molar-refractivity contribution >= 4 is 21.8 Å². The van der Waals surface area contributed by atoms with E-state index in [0.29, 0.717) is 12.2 Å². The van der Waals surface area contributed by atoms with Crippen LogP contribution in [0.3, 0.4) is 0 Å². The molecule has 1 atom stereocenters. The molecule has 0 spiro atoms. The molecule has 0 bridgehead atoms. The first-order chi connectivity index (χ1) is 8.08. The van der Waals surface area contributed by atoms with Gasteiger partial charge in [-0.05, 0) is 37.1 Å².